The van der Waals surface area contributed by atoms with Crippen LogP contribution in [0.15, 0.2) is 183 Å². The van der Waals surface area contributed by atoms with Crippen LogP contribution in [0.4, 0.5) is 5.69 Å². The van der Waals surface area contributed by atoms with Gasteiger partial charge in [-0.3, -0.25) is 0 Å². The van der Waals surface area contributed by atoms with Gasteiger partial charge in [-0.25, -0.2) is 0 Å². The summed E-state index contributed by atoms with van der Waals surface area (Å²) in [6, 6.07) is 28.0. The van der Waals surface area contributed by atoms with Crippen molar-refractivity contribution in [3.05, 3.63) is 227 Å². The maximum atomic E-state index is 5.64. The van der Waals surface area contributed by atoms with E-state index in [1.165, 1.54) is 39.0 Å². The largest absolute Gasteiger partial charge is 0.361 e. The van der Waals surface area contributed by atoms with Crippen molar-refractivity contribution in [3.63, 3.8) is 0 Å². The van der Waals surface area contributed by atoms with Crippen molar-refractivity contribution >= 4 is 34.1 Å². The van der Waals surface area contributed by atoms with E-state index in [0.717, 1.165) is 69.5 Å². The van der Waals surface area contributed by atoms with Crippen molar-refractivity contribution in [3.8, 4) is 23.5 Å². The number of anilines is 1. The lowest BCUT2D eigenvalue weighted by Gasteiger charge is -2.19. The predicted molar refractivity (Wildman–Crippen MR) is 242 cm³/mol. The molecule has 0 aromatic heterocycles. The summed E-state index contributed by atoms with van der Waals surface area (Å²) in [4.78, 5) is 0. The van der Waals surface area contributed by atoms with Crippen LogP contribution in [-0.4, -0.2) is 0 Å². The number of nitrogens with one attached hydrogen (secondary N) is 1. The summed E-state index contributed by atoms with van der Waals surface area (Å²) >= 11 is 0. The van der Waals surface area contributed by atoms with Crippen LogP contribution in [-0.2, 0) is 6.42 Å². The summed E-state index contributed by atoms with van der Waals surface area (Å²) in [5.41, 5.74) is 18.4. The van der Waals surface area contributed by atoms with Crippen LogP contribution in [0.2, 0.25) is 0 Å². The highest BCUT2D eigenvalue weighted by Crippen LogP contribution is 2.40. The average Bonchev–Trinajstić information content (AvgIpc) is 3.25. The topological polar surface area (TPSA) is 12.0 Å². The van der Waals surface area contributed by atoms with E-state index in [4.69, 9.17) is 6.42 Å². The zero-order valence-electron chi connectivity index (χ0n) is 32.3. The number of benzene rings is 4. The van der Waals surface area contributed by atoms with Gasteiger partial charge in [0.15, 0.2) is 0 Å². The Morgan fingerprint density at radius 2 is 1.75 bits per heavy atom. The van der Waals surface area contributed by atoms with Crippen LogP contribution < -0.4 is 5.32 Å². The number of terminal acetylenes is 1. The van der Waals surface area contributed by atoms with E-state index < -0.39 is 0 Å². The quantitative estimate of drug-likeness (QED) is 0.128. The maximum Gasteiger partial charge on any atom is 0.0460 e. The highest BCUT2D eigenvalue weighted by molar-refractivity contribution is 5.95. The second-order valence-corrected chi connectivity index (χ2v) is 13.7. The van der Waals surface area contributed by atoms with Gasteiger partial charge in [-0.05, 0) is 143 Å². The first-order chi connectivity index (χ1) is 26.9. The van der Waals surface area contributed by atoms with E-state index in [-0.39, 0.29) is 0 Å². The van der Waals surface area contributed by atoms with Crippen LogP contribution in [0.25, 0.3) is 39.5 Å². The van der Waals surface area contributed by atoms with E-state index in [9.17, 15) is 0 Å². The fraction of sp³-hybridized carbons (Fsp3) is 0.111. The van der Waals surface area contributed by atoms with Gasteiger partial charge in [0.1, 0.15) is 0 Å². The molecule has 1 heteroatoms. The monoisotopic (exact) mass is 711 g/mol. The fourth-order valence-electron chi connectivity index (χ4n) is 7.29. The molecular formula is C54H49N. The summed E-state index contributed by atoms with van der Waals surface area (Å²) in [5.74, 6) is 2.72. The second kappa shape index (κ2) is 18.4. The molecular weight excluding hydrogens is 663 g/mol. The Morgan fingerprint density at radius 1 is 0.909 bits per heavy atom. The minimum Gasteiger partial charge on any atom is -0.361 e. The molecule has 0 fully saturated rings. The first kappa shape index (κ1) is 38.1. The molecule has 2 aliphatic rings. The van der Waals surface area contributed by atoms with Crippen molar-refractivity contribution < 1.29 is 0 Å². The molecule has 1 nitrogen and oxygen atoms in total. The summed E-state index contributed by atoms with van der Waals surface area (Å²) in [7, 11) is 0. The molecule has 0 saturated carbocycles. The third kappa shape index (κ3) is 8.96. The van der Waals surface area contributed by atoms with E-state index in [0.29, 0.717) is 0 Å². The summed E-state index contributed by atoms with van der Waals surface area (Å²) in [6.45, 7) is 14.9. The Hall–Kier alpha value is -6.62. The number of rotatable bonds is 10. The summed E-state index contributed by atoms with van der Waals surface area (Å²) in [6.07, 6.45) is 40.5. The lowest BCUT2D eigenvalue weighted by molar-refractivity contribution is 1.05. The fourth-order valence-corrected chi connectivity index (χ4v) is 7.29. The first-order valence-corrected chi connectivity index (χ1v) is 19.0. The molecule has 1 aliphatic carbocycles. The standard InChI is InChI=1S/C54H49N/c1-7-11-22-43(9-3)49-29-18-27-47-26-17-25-44(45-33-30-41(8-2)31-34-45)36-37-55-52-35-32-42(38-51(52)54(47)49)21-15-19-39(5)48(10-4)53-40(6)20-16-28-50(53)46-23-13-12-14-24-46/h2,7,9-13,15-20,22-23,25-38,55H,3-4,14,21,24H2,1,5-6H3/b11-7-,19-15-,26-17-,37-36+,43-22+,44-25+,48-39+. The molecule has 0 radical (unpaired) electrons. The van der Waals surface area contributed by atoms with Gasteiger partial charge in [-0.1, -0.05) is 153 Å². The third-order valence-corrected chi connectivity index (χ3v) is 10.1. The number of hydrogen-bond acceptors (Lipinski definition) is 1. The Labute approximate surface area is 329 Å². The number of aryl methyl sites for hydroxylation is 1. The van der Waals surface area contributed by atoms with Crippen LogP contribution in [0, 0.1) is 19.3 Å². The molecule has 0 bridgehead atoms. The van der Waals surface area contributed by atoms with Crippen molar-refractivity contribution in [2.45, 2.75) is 40.0 Å². The Kier molecular flexibility index (Phi) is 12.8. The van der Waals surface area contributed by atoms with Gasteiger partial charge < -0.3 is 5.32 Å². The first-order valence-electron chi connectivity index (χ1n) is 19.0. The molecule has 1 aliphatic heterocycles. The Bertz CT molecular complexity index is 2420. The van der Waals surface area contributed by atoms with Gasteiger partial charge in [0, 0.05) is 23.0 Å². The number of allylic oxidation sites excluding steroid dienone is 18. The van der Waals surface area contributed by atoms with Gasteiger partial charge in [0.05, 0.1) is 0 Å². The van der Waals surface area contributed by atoms with Gasteiger partial charge in [0.2, 0.25) is 0 Å². The SMILES string of the molecule is C#Cc1ccc(C2=C/C=C\c3cccc(/C(C=C)=C/C=C\C)c3-c3cc(C/C=C\C(C)=C(/C=C)c4c(C)cccc4C4=CC=CCC4)ccc3N\C=C\2)cc1. The lowest BCUT2D eigenvalue weighted by atomic mass is 9.86. The molecule has 4 aromatic rings. The minimum atomic E-state index is 0.775. The summed E-state index contributed by atoms with van der Waals surface area (Å²) in [5, 5.41) is 3.64. The van der Waals surface area contributed by atoms with Crippen LogP contribution >= 0.6 is 0 Å². The number of hydrogen-bond donors (Lipinski definition) is 1. The van der Waals surface area contributed by atoms with Crippen molar-refractivity contribution in [2.75, 3.05) is 5.32 Å². The van der Waals surface area contributed by atoms with Crippen LogP contribution in [0.5, 0.6) is 0 Å². The Balaban J connectivity index is 1.41. The second-order valence-electron chi connectivity index (χ2n) is 13.7. The third-order valence-electron chi connectivity index (χ3n) is 10.1. The molecule has 55 heavy (non-hydrogen) atoms. The van der Waals surface area contributed by atoms with Crippen molar-refractivity contribution in [1.82, 2.24) is 0 Å². The van der Waals surface area contributed by atoms with Gasteiger partial charge in [-0.15, -0.1) is 6.42 Å². The molecule has 0 atom stereocenters. The molecule has 0 spiro atoms. The van der Waals surface area contributed by atoms with Gasteiger partial charge in [0.25, 0.3) is 0 Å². The molecule has 4 aromatic carbocycles. The smallest absolute Gasteiger partial charge is 0.0460 e. The van der Waals surface area contributed by atoms with Gasteiger partial charge >= 0.3 is 0 Å². The molecule has 1 heterocycles. The predicted octanol–water partition coefficient (Wildman–Crippen LogP) is 14.3. The highest BCUT2D eigenvalue weighted by atomic mass is 14.8. The molecule has 1 N–H and O–H groups in total. The van der Waals surface area contributed by atoms with Crippen LogP contribution in [0.1, 0.15) is 71.2 Å². The zero-order valence-corrected chi connectivity index (χ0v) is 32.3. The Morgan fingerprint density at radius 3 is 2.49 bits per heavy atom. The normalized spacial score (nSPS) is 16.7. The molecule has 270 valence electrons. The van der Waals surface area contributed by atoms with Gasteiger partial charge in [-0.2, -0.15) is 0 Å². The van der Waals surface area contributed by atoms with Crippen LogP contribution in [0.3, 0.4) is 0 Å². The molecule has 6 rings (SSSR count). The average molecular weight is 712 g/mol. The van der Waals surface area contributed by atoms with Crippen molar-refractivity contribution in [1.29, 1.82) is 0 Å². The van der Waals surface area contributed by atoms with Crippen molar-refractivity contribution in [2.24, 2.45) is 0 Å². The minimum absolute atomic E-state index is 0.775. The number of fused-ring (bicyclic) bond motifs is 3. The van der Waals surface area contributed by atoms with E-state index in [1.54, 1.807) is 0 Å². The van der Waals surface area contributed by atoms with E-state index in [1.807, 2.05) is 43.5 Å². The van der Waals surface area contributed by atoms with E-state index >= 15 is 0 Å². The van der Waals surface area contributed by atoms with E-state index in [2.05, 4.69) is 172 Å². The summed E-state index contributed by atoms with van der Waals surface area (Å²) < 4.78 is 0. The zero-order chi connectivity index (χ0) is 38.6. The lowest BCUT2D eigenvalue weighted by Crippen LogP contribution is -1.99. The highest BCUT2D eigenvalue weighted by Gasteiger charge is 2.17. The maximum absolute atomic E-state index is 5.64. The molecule has 0 unspecified atom stereocenters. The molecule has 0 saturated heterocycles. The molecule has 0 amide bonds.